The predicted molar refractivity (Wildman–Crippen MR) is 250 cm³/mol. The molecule has 0 radical (unpaired) electrons. The number of amides is 1. The number of nitrogens with zero attached hydrogens (tertiary/aromatic N) is 1. The Morgan fingerprint density at radius 1 is 0.879 bits per heavy atom. The Hall–Kier alpha value is -3.37. The lowest BCUT2D eigenvalue weighted by molar-refractivity contribution is -0.265. The van der Waals surface area contributed by atoms with E-state index >= 15 is 0 Å². The third-order valence-electron chi connectivity index (χ3n) is 14.5. The van der Waals surface area contributed by atoms with E-state index in [1.807, 2.05) is 58.1 Å². The zero-order chi connectivity index (χ0) is 48.7. The molecule has 1 saturated carbocycles. The number of aliphatic hydroxyl groups is 3. The zero-order valence-corrected chi connectivity index (χ0v) is 41.2. The number of Topliss-reactive ketones (excluding diaryl/α,β-unsaturated/α-hetero) is 3. The summed E-state index contributed by atoms with van der Waals surface area (Å²) in [5, 5.41) is 32.6. The first kappa shape index (κ1) is 55.2. The number of fused-ring (bicyclic) bond motifs is 3. The summed E-state index contributed by atoms with van der Waals surface area (Å²) in [6.07, 6.45) is 14.0. The highest BCUT2D eigenvalue weighted by atomic mass is 16.6. The highest BCUT2D eigenvalue weighted by molar-refractivity contribution is 6.39. The summed E-state index contributed by atoms with van der Waals surface area (Å²) in [4.78, 5) is 71.9. The lowest BCUT2D eigenvalue weighted by atomic mass is 9.79. The molecule has 3 aliphatic heterocycles. The number of carbonyl (C=O) groups is 5. The monoisotopic (exact) mass is 928 g/mol. The van der Waals surface area contributed by atoms with Gasteiger partial charge in [0.25, 0.3) is 11.7 Å². The fourth-order valence-electron chi connectivity index (χ4n) is 10.2. The number of ether oxygens (including phenoxy) is 5. The summed E-state index contributed by atoms with van der Waals surface area (Å²) in [7, 11) is 2.96. The quantitative estimate of drug-likeness (QED) is 0.135. The van der Waals surface area contributed by atoms with Gasteiger partial charge in [0.05, 0.1) is 31.5 Å². The van der Waals surface area contributed by atoms with E-state index in [2.05, 4.69) is 0 Å². The molecule has 3 N–H and O–H groups in total. The van der Waals surface area contributed by atoms with E-state index in [9.17, 15) is 39.3 Å². The van der Waals surface area contributed by atoms with Crippen LogP contribution in [0.4, 0.5) is 0 Å². The molecule has 3 heterocycles. The van der Waals surface area contributed by atoms with Crippen molar-refractivity contribution >= 4 is 29.2 Å². The summed E-state index contributed by atoms with van der Waals surface area (Å²) in [5.74, 6) is -7.60. The number of methoxy groups -OCH3 is 2. The van der Waals surface area contributed by atoms with E-state index in [-0.39, 0.29) is 68.0 Å². The Bertz CT molecular complexity index is 1750. The van der Waals surface area contributed by atoms with Gasteiger partial charge in [-0.1, -0.05) is 71.1 Å². The van der Waals surface area contributed by atoms with Gasteiger partial charge < -0.3 is 43.9 Å². The van der Waals surface area contributed by atoms with E-state index in [1.54, 1.807) is 34.0 Å². The first-order valence-corrected chi connectivity index (χ1v) is 24.5. The van der Waals surface area contributed by atoms with E-state index in [0.29, 0.717) is 50.5 Å². The molecule has 4 rings (SSSR count). The Labute approximate surface area is 393 Å². The van der Waals surface area contributed by atoms with Gasteiger partial charge in [-0.15, -0.1) is 0 Å². The highest BCUT2D eigenvalue weighted by Gasteiger charge is 2.53. The van der Waals surface area contributed by atoms with E-state index in [4.69, 9.17) is 23.7 Å². The van der Waals surface area contributed by atoms with Crippen LogP contribution in [-0.2, 0) is 47.7 Å². The van der Waals surface area contributed by atoms with Crippen molar-refractivity contribution in [3.63, 3.8) is 0 Å². The SMILES string of the molecule is CO[C@H]1C[C@@H]2CC[C@@H](C)[C@@](O)(O2)C(=O)C(=O)N2CCCC[C@H]2C(=O)O[C@H]([C@H](C)CC2CCC(OCCO)CC2)CC(=O)[C@H](C)/C=C(\C)[C@@H](O)[C@@H](OC)C(=O)[C@H](C)C[C@H](C)/C=C/C=C/C=C/1C. The normalized spacial score (nSPS) is 38.8. The molecule has 1 aliphatic carbocycles. The summed E-state index contributed by atoms with van der Waals surface area (Å²) in [5.41, 5.74) is 1.28. The van der Waals surface area contributed by atoms with Crippen molar-refractivity contribution in [2.24, 2.45) is 35.5 Å². The van der Waals surface area contributed by atoms with Crippen LogP contribution in [0.15, 0.2) is 47.6 Å². The van der Waals surface area contributed by atoms with Gasteiger partial charge in [-0.3, -0.25) is 19.2 Å². The molecule has 1 amide bonds. The van der Waals surface area contributed by atoms with Crippen LogP contribution in [0, 0.1) is 35.5 Å². The second-order valence-corrected chi connectivity index (χ2v) is 19.8. The first-order chi connectivity index (χ1) is 31.3. The average Bonchev–Trinajstić information content (AvgIpc) is 3.30. The summed E-state index contributed by atoms with van der Waals surface area (Å²) in [6, 6.07) is -1.12. The van der Waals surface area contributed by atoms with E-state index in [1.165, 1.54) is 12.0 Å². The molecule has 66 heavy (non-hydrogen) atoms. The second kappa shape index (κ2) is 26.4. The number of ketones is 3. The number of aliphatic hydroxyl groups excluding tert-OH is 2. The predicted octanol–water partition coefficient (Wildman–Crippen LogP) is 6.57. The van der Waals surface area contributed by atoms with Gasteiger partial charge in [0, 0.05) is 51.4 Å². The minimum absolute atomic E-state index is 0.0238. The number of allylic oxidation sites excluding steroid dienone is 6. The molecule has 0 aromatic carbocycles. The highest BCUT2D eigenvalue weighted by Crippen LogP contribution is 2.38. The van der Waals surface area contributed by atoms with Crippen molar-refractivity contribution in [1.82, 2.24) is 4.90 Å². The standard InChI is InChI=1S/C52H81NO13/c1-32-15-11-10-12-16-33(2)44(62-8)30-41-21-18-38(7)52(61,66-41)49(58)50(59)53-24-14-13-17-42(53)51(60)65-45(35(4)29-39-19-22-40(23-20-39)64-26-25-54)31-43(55)34(3)28-37(6)47(57)48(63-9)46(56)36(5)27-32/h10-12,15-16,28,32,34-36,38-42,44-45,47-48,54,57,61H,13-14,17-27,29-31H2,1-9H3/b12-10+,15-11+,33-16+,37-28+/t32-,34-,35-,36-,38-,39?,40?,41+,42+,44+,45+,47-,48+,52-/m1/s1. The number of hydrogen-bond donors (Lipinski definition) is 3. The van der Waals surface area contributed by atoms with Gasteiger partial charge in [0.2, 0.25) is 5.79 Å². The van der Waals surface area contributed by atoms with Gasteiger partial charge in [0.15, 0.2) is 5.78 Å². The van der Waals surface area contributed by atoms with Gasteiger partial charge in [-0.2, -0.15) is 0 Å². The van der Waals surface area contributed by atoms with Crippen LogP contribution >= 0.6 is 0 Å². The molecular formula is C52H81NO13. The fraction of sp³-hybridized carbons (Fsp3) is 0.750. The van der Waals surface area contributed by atoms with Crippen molar-refractivity contribution in [2.75, 3.05) is 34.0 Å². The Balaban J connectivity index is 1.68. The van der Waals surface area contributed by atoms with Crippen molar-refractivity contribution in [3.05, 3.63) is 47.6 Å². The van der Waals surface area contributed by atoms with Crippen molar-refractivity contribution < 1.29 is 63.0 Å². The molecule has 4 aliphatic rings. The molecule has 14 heteroatoms. The van der Waals surface area contributed by atoms with Crippen LogP contribution in [0.1, 0.15) is 132 Å². The van der Waals surface area contributed by atoms with Crippen molar-refractivity contribution in [1.29, 1.82) is 0 Å². The van der Waals surface area contributed by atoms with Gasteiger partial charge in [0.1, 0.15) is 30.1 Å². The molecular weight excluding hydrogens is 847 g/mol. The minimum Gasteiger partial charge on any atom is -0.460 e. The number of hydrogen-bond acceptors (Lipinski definition) is 13. The lowest BCUT2D eigenvalue weighted by Crippen LogP contribution is -2.61. The van der Waals surface area contributed by atoms with E-state index in [0.717, 1.165) is 31.3 Å². The number of piperidine rings is 1. The summed E-state index contributed by atoms with van der Waals surface area (Å²) >= 11 is 0. The van der Waals surface area contributed by atoms with Crippen LogP contribution in [0.2, 0.25) is 0 Å². The largest absolute Gasteiger partial charge is 0.460 e. The number of carbonyl (C=O) groups excluding carboxylic acids is 5. The van der Waals surface area contributed by atoms with Crippen molar-refractivity contribution in [2.45, 2.75) is 180 Å². The maximum absolute atomic E-state index is 14.4. The smallest absolute Gasteiger partial charge is 0.329 e. The molecule has 372 valence electrons. The third-order valence-corrected chi connectivity index (χ3v) is 14.5. The maximum Gasteiger partial charge on any atom is 0.329 e. The fourth-order valence-corrected chi connectivity index (χ4v) is 10.2. The molecule has 3 fully saturated rings. The second-order valence-electron chi connectivity index (χ2n) is 19.8. The van der Waals surface area contributed by atoms with Gasteiger partial charge in [-0.25, -0.2) is 4.79 Å². The van der Waals surface area contributed by atoms with Crippen LogP contribution in [0.5, 0.6) is 0 Å². The van der Waals surface area contributed by atoms with E-state index < -0.39 is 77.8 Å². The van der Waals surface area contributed by atoms with Crippen LogP contribution in [0.25, 0.3) is 0 Å². The molecule has 2 bridgehead atoms. The average molecular weight is 928 g/mol. The molecule has 0 aromatic rings. The number of cyclic esters (lactones) is 1. The molecule has 2 saturated heterocycles. The topological polar surface area (TPSA) is 195 Å². The summed E-state index contributed by atoms with van der Waals surface area (Å²) in [6.45, 7) is 13.1. The van der Waals surface area contributed by atoms with Gasteiger partial charge in [-0.05, 0) is 113 Å². The van der Waals surface area contributed by atoms with Crippen LogP contribution in [0.3, 0.4) is 0 Å². The third kappa shape index (κ3) is 15.1. The molecule has 14 nitrogen and oxygen atoms in total. The molecule has 0 aromatic heterocycles. The number of rotatable bonds is 8. The van der Waals surface area contributed by atoms with Crippen LogP contribution < -0.4 is 0 Å². The zero-order valence-electron chi connectivity index (χ0n) is 41.2. The lowest BCUT2D eigenvalue weighted by Gasteiger charge is -2.42. The Morgan fingerprint density at radius 2 is 1.59 bits per heavy atom. The van der Waals surface area contributed by atoms with Crippen molar-refractivity contribution in [3.8, 4) is 0 Å². The molecule has 12 atom stereocenters. The number of esters is 1. The molecule has 0 spiro atoms. The maximum atomic E-state index is 14.4. The molecule has 0 unspecified atom stereocenters. The first-order valence-electron chi connectivity index (χ1n) is 24.5. The van der Waals surface area contributed by atoms with Crippen LogP contribution in [-0.4, -0.2) is 132 Å². The Morgan fingerprint density at radius 3 is 2.26 bits per heavy atom. The summed E-state index contributed by atoms with van der Waals surface area (Å²) < 4.78 is 29.6. The van der Waals surface area contributed by atoms with Gasteiger partial charge >= 0.3 is 5.97 Å². The Kier molecular flexibility index (Phi) is 22.1. The minimum atomic E-state index is -2.42.